The van der Waals surface area contributed by atoms with Gasteiger partial charge in [0.2, 0.25) is 0 Å². The molecule has 4 aromatic rings. The molecule has 5 rings (SSSR count). The van der Waals surface area contributed by atoms with E-state index in [9.17, 15) is 9.59 Å². The van der Waals surface area contributed by atoms with Crippen LogP contribution in [0.5, 0.6) is 11.5 Å². The summed E-state index contributed by atoms with van der Waals surface area (Å²) in [5.74, 6) is 4.30. The van der Waals surface area contributed by atoms with Crippen LogP contribution in [0.3, 0.4) is 0 Å². The maximum atomic E-state index is 12.5. The van der Waals surface area contributed by atoms with E-state index in [1.54, 1.807) is 15.5 Å². The highest BCUT2D eigenvalue weighted by Gasteiger charge is 2.21. The van der Waals surface area contributed by atoms with Gasteiger partial charge in [-0.25, -0.2) is 4.79 Å². The first kappa shape index (κ1) is 31.0. The second-order valence-corrected chi connectivity index (χ2v) is 10.5. The molecule has 2 heterocycles. The van der Waals surface area contributed by atoms with Gasteiger partial charge in [-0.2, -0.15) is 4.68 Å². The number of likely N-dealkylation sites (N-methyl/N-ethyl adjacent to an activating group) is 1. The van der Waals surface area contributed by atoms with Gasteiger partial charge in [-0.05, 0) is 51.1 Å². The molecule has 0 bridgehead atoms. The van der Waals surface area contributed by atoms with Gasteiger partial charge in [-0.1, -0.05) is 65.5 Å². The van der Waals surface area contributed by atoms with Crippen LogP contribution in [0.2, 0.25) is 10.0 Å². The van der Waals surface area contributed by atoms with E-state index >= 15 is 0 Å². The van der Waals surface area contributed by atoms with Crippen molar-refractivity contribution in [2.75, 3.05) is 19.7 Å². The normalized spacial score (nSPS) is 12.9. The van der Waals surface area contributed by atoms with E-state index in [1.807, 2.05) is 63.2 Å². The maximum absolute atomic E-state index is 12.5. The molecule has 0 saturated heterocycles. The Bertz CT molecular complexity index is 1650. The summed E-state index contributed by atoms with van der Waals surface area (Å²) >= 11 is 12.3. The summed E-state index contributed by atoms with van der Waals surface area (Å²) < 4.78 is 14.2. The standard InChI is InChI=1S/C17H21NO2.C15H13Cl2N3O2/c1-4-18(5-2)17(19)13(3)20-16-12-8-10-14-9-6-7-11-15(14)16;1-2-7-22-13-9-12(10(16)8-11(13)17)20-15(21)19-6-4-3-5-14(19)18-20/h6-13H,4-5H2,1-3H3;1,8-9H,3-7H2. The molecule has 0 radical (unpaired) electrons. The lowest BCUT2D eigenvalue weighted by atomic mass is 10.1. The van der Waals surface area contributed by atoms with Gasteiger partial charge < -0.3 is 14.4 Å². The average molecular weight is 610 g/mol. The van der Waals surface area contributed by atoms with Crippen LogP contribution in [0.25, 0.3) is 16.5 Å². The van der Waals surface area contributed by atoms with Crippen LogP contribution in [-0.2, 0) is 17.8 Å². The Labute approximate surface area is 255 Å². The van der Waals surface area contributed by atoms with Crippen molar-refractivity contribution < 1.29 is 14.3 Å². The second-order valence-electron chi connectivity index (χ2n) is 9.69. The number of hydrogen-bond acceptors (Lipinski definition) is 5. The molecule has 0 aliphatic carbocycles. The third kappa shape index (κ3) is 6.92. The minimum atomic E-state index is -0.472. The Kier molecular flexibility index (Phi) is 10.6. The smallest absolute Gasteiger partial charge is 0.350 e. The lowest BCUT2D eigenvalue weighted by Crippen LogP contribution is -2.40. The Balaban J connectivity index is 0.000000194. The van der Waals surface area contributed by atoms with E-state index < -0.39 is 6.10 Å². The highest BCUT2D eigenvalue weighted by molar-refractivity contribution is 6.36. The van der Waals surface area contributed by atoms with Gasteiger partial charge in [0.25, 0.3) is 5.91 Å². The Morgan fingerprint density at radius 3 is 2.52 bits per heavy atom. The molecule has 1 atom stereocenters. The molecule has 0 saturated carbocycles. The molecule has 1 amide bonds. The van der Waals surface area contributed by atoms with Gasteiger partial charge in [-0.3, -0.25) is 9.36 Å². The first-order valence-electron chi connectivity index (χ1n) is 14.0. The Morgan fingerprint density at radius 1 is 1.07 bits per heavy atom. The summed E-state index contributed by atoms with van der Waals surface area (Å²) in [6.45, 7) is 7.94. The molecule has 0 spiro atoms. The van der Waals surface area contributed by atoms with Crippen molar-refractivity contribution in [1.29, 1.82) is 0 Å². The number of benzene rings is 3. The van der Waals surface area contributed by atoms with E-state index in [2.05, 4.69) is 11.0 Å². The van der Waals surface area contributed by atoms with E-state index in [0.717, 1.165) is 41.6 Å². The van der Waals surface area contributed by atoms with Crippen molar-refractivity contribution in [2.45, 2.75) is 52.7 Å². The molecule has 220 valence electrons. The van der Waals surface area contributed by atoms with Crippen molar-refractivity contribution in [3.8, 4) is 29.5 Å². The van der Waals surface area contributed by atoms with Crippen LogP contribution in [0, 0.1) is 12.3 Å². The van der Waals surface area contributed by atoms with Crippen LogP contribution in [0.4, 0.5) is 0 Å². The SMILES string of the molecule is C#CCOc1cc(-n2nc3n(c2=O)CCCC3)c(Cl)cc1Cl.CCN(CC)C(=O)C(C)Oc1cccc2ccccc12. The summed E-state index contributed by atoms with van der Waals surface area (Å²) in [6, 6.07) is 17.0. The van der Waals surface area contributed by atoms with Crippen molar-refractivity contribution in [3.63, 3.8) is 0 Å². The first-order valence-corrected chi connectivity index (χ1v) is 14.7. The monoisotopic (exact) mass is 608 g/mol. The Hall–Kier alpha value is -3.93. The number of terminal acetylenes is 1. The maximum Gasteiger partial charge on any atom is 0.350 e. The van der Waals surface area contributed by atoms with Gasteiger partial charge >= 0.3 is 5.69 Å². The van der Waals surface area contributed by atoms with Gasteiger partial charge in [-0.15, -0.1) is 11.5 Å². The number of aromatic nitrogens is 3. The molecule has 8 nitrogen and oxygen atoms in total. The van der Waals surface area contributed by atoms with E-state index in [4.69, 9.17) is 39.1 Å². The number of nitrogens with zero attached hydrogens (tertiary/aromatic N) is 4. The number of rotatable bonds is 8. The van der Waals surface area contributed by atoms with Crippen LogP contribution < -0.4 is 15.2 Å². The fraction of sp³-hybridized carbons (Fsp3) is 0.344. The number of ether oxygens (including phenoxy) is 2. The predicted octanol–water partition coefficient (Wildman–Crippen LogP) is 6.16. The number of fused-ring (bicyclic) bond motifs is 2. The van der Waals surface area contributed by atoms with Gasteiger partial charge in [0.1, 0.15) is 23.9 Å². The molecular formula is C32H34Cl2N4O4. The van der Waals surface area contributed by atoms with E-state index in [0.29, 0.717) is 41.1 Å². The zero-order valence-electron chi connectivity index (χ0n) is 24.0. The van der Waals surface area contributed by atoms with E-state index in [-0.39, 0.29) is 18.2 Å². The zero-order chi connectivity index (χ0) is 30.2. The largest absolute Gasteiger partial charge is 0.480 e. The zero-order valence-corrected chi connectivity index (χ0v) is 25.5. The van der Waals surface area contributed by atoms with E-state index in [1.165, 1.54) is 10.7 Å². The predicted molar refractivity (Wildman–Crippen MR) is 167 cm³/mol. The fourth-order valence-corrected chi connectivity index (χ4v) is 5.32. The third-order valence-electron chi connectivity index (χ3n) is 6.99. The lowest BCUT2D eigenvalue weighted by molar-refractivity contribution is -0.137. The van der Waals surface area contributed by atoms with Crippen LogP contribution >= 0.6 is 23.2 Å². The first-order chi connectivity index (χ1) is 20.3. The van der Waals surface area contributed by atoms with Crippen molar-refractivity contribution in [3.05, 3.63) is 81.0 Å². The van der Waals surface area contributed by atoms with Gasteiger partial charge in [0, 0.05) is 37.5 Å². The molecule has 1 aliphatic heterocycles. The molecule has 42 heavy (non-hydrogen) atoms. The van der Waals surface area contributed by atoms with Gasteiger partial charge in [0.15, 0.2) is 6.10 Å². The lowest BCUT2D eigenvalue weighted by Gasteiger charge is -2.23. The quantitative estimate of drug-likeness (QED) is 0.224. The minimum absolute atomic E-state index is 0.0305. The van der Waals surface area contributed by atoms with Crippen molar-refractivity contribution >= 4 is 39.9 Å². The van der Waals surface area contributed by atoms with Crippen LogP contribution in [0.1, 0.15) is 39.4 Å². The summed E-state index contributed by atoms with van der Waals surface area (Å²) in [5.41, 5.74) is 0.229. The highest BCUT2D eigenvalue weighted by Crippen LogP contribution is 2.33. The molecule has 0 fully saturated rings. The highest BCUT2D eigenvalue weighted by atomic mass is 35.5. The number of halogens is 2. The molecule has 1 aromatic heterocycles. The number of hydrogen-bond donors (Lipinski definition) is 0. The molecule has 10 heteroatoms. The molecule has 3 aromatic carbocycles. The molecular weight excluding hydrogens is 575 g/mol. The Morgan fingerprint density at radius 2 is 1.81 bits per heavy atom. The molecule has 1 unspecified atom stereocenters. The van der Waals surface area contributed by atoms with Crippen LogP contribution in [-0.4, -0.2) is 51.0 Å². The topological polar surface area (TPSA) is 78.6 Å². The summed E-state index contributed by atoms with van der Waals surface area (Å²) in [4.78, 5) is 26.5. The number of carbonyl (C=O) groups excluding carboxylic acids is 1. The number of aryl methyl sites for hydroxylation is 1. The molecule has 1 aliphatic rings. The minimum Gasteiger partial charge on any atom is -0.480 e. The van der Waals surface area contributed by atoms with Crippen molar-refractivity contribution in [2.24, 2.45) is 0 Å². The molecule has 0 N–H and O–H groups in total. The summed E-state index contributed by atoms with van der Waals surface area (Å²) in [6.07, 6.45) is 7.50. The van der Waals surface area contributed by atoms with Crippen molar-refractivity contribution in [1.82, 2.24) is 19.2 Å². The van der Waals surface area contributed by atoms with Gasteiger partial charge in [0.05, 0.1) is 15.7 Å². The fourth-order valence-electron chi connectivity index (χ4n) is 4.80. The van der Waals surface area contributed by atoms with Crippen LogP contribution in [0.15, 0.2) is 59.4 Å². The summed E-state index contributed by atoms with van der Waals surface area (Å²) in [5, 5.41) is 7.19. The summed E-state index contributed by atoms with van der Waals surface area (Å²) in [7, 11) is 0. The third-order valence-corrected chi connectivity index (χ3v) is 7.59. The number of amides is 1. The second kappa shape index (κ2) is 14.3. The average Bonchev–Trinajstić information content (AvgIpc) is 3.33. The number of carbonyl (C=O) groups is 1.